The normalized spacial score (nSPS) is 22.1. The van der Waals surface area contributed by atoms with Gasteiger partial charge in [-0.05, 0) is 24.7 Å². The highest BCUT2D eigenvalue weighted by atomic mass is 16.6. The molecule has 1 aromatic rings. The second-order valence-electron chi connectivity index (χ2n) is 6.12. The van der Waals surface area contributed by atoms with Crippen LogP contribution in [0.2, 0.25) is 0 Å². The monoisotopic (exact) mass is 292 g/mol. The number of nitrogens with one attached hydrogen (secondary N) is 1. The molecule has 0 aliphatic heterocycles. The second-order valence-corrected chi connectivity index (χ2v) is 6.12. The summed E-state index contributed by atoms with van der Waals surface area (Å²) in [4.78, 5) is 10.6. The van der Waals surface area contributed by atoms with Gasteiger partial charge < -0.3 is 10.1 Å². The van der Waals surface area contributed by atoms with Gasteiger partial charge in [0.15, 0.2) is 0 Å². The zero-order valence-electron chi connectivity index (χ0n) is 13.0. The van der Waals surface area contributed by atoms with Crippen LogP contribution in [-0.2, 0) is 0 Å². The molecule has 0 aromatic heterocycles. The number of benzene rings is 1. The molecular formula is C16H24N2O3. The highest BCUT2D eigenvalue weighted by molar-refractivity contribution is 5.57. The van der Waals surface area contributed by atoms with Gasteiger partial charge in [-0.2, -0.15) is 0 Å². The lowest BCUT2D eigenvalue weighted by Crippen LogP contribution is -2.35. The Hall–Kier alpha value is -1.78. The average Bonchev–Trinajstić information content (AvgIpc) is 2.47. The number of methoxy groups -OCH3 is 1. The first-order valence-electron chi connectivity index (χ1n) is 7.61. The third-order valence-corrected chi connectivity index (χ3v) is 4.37. The molecule has 1 aliphatic rings. The van der Waals surface area contributed by atoms with Gasteiger partial charge in [0.1, 0.15) is 5.75 Å². The number of nitro benzene ring substituents is 1. The van der Waals surface area contributed by atoms with Crippen LogP contribution in [0.4, 0.5) is 11.4 Å². The number of non-ortho nitro benzene ring substituents is 1. The Kier molecular flexibility index (Phi) is 5.04. The number of hydrogen-bond acceptors (Lipinski definition) is 4. The maximum absolute atomic E-state index is 11.0. The van der Waals surface area contributed by atoms with E-state index in [0.717, 1.165) is 12.1 Å². The van der Waals surface area contributed by atoms with Crippen LogP contribution in [0.1, 0.15) is 39.5 Å². The molecule has 2 atom stereocenters. The number of rotatable bonds is 5. The summed E-state index contributed by atoms with van der Waals surface area (Å²) in [6, 6.07) is 5.25. The maximum Gasteiger partial charge on any atom is 0.275 e. The molecule has 1 saturated carbocycles. The zero-order valence-corrected chi connectivity index (χ0v) is 13.0. The number of hydrogen-bond donors (Lipinski definition) is 1. The molecule has 1 fully saturated rings. The molecule has 0 saturated heterocycles. The van der Waals surface area contributed by atoms with Crippen LogP contribution in [0.5, 0.6) is 5.75 Å². The summed E-state index contributed by atoms with van der Waals surface area (Å²) in [5.74, 6) is 1.75. The van der Waals surface area contributed by atoms with Crippen molar-refractivity contribution in [3.63, 3.8) is 0 Å². The van der Waals surface area contributed by atoms with Crippen molar-refractivity contribution < 1.29 is 9.66 Å². The van der Waals surface area contributed by atoms with E-state index in [-0.39, 0.29) is 10.6 Å². The third kappa shape index (κ3) is 3.86. The Morgan fingerprint density at radius 2 is 2.00 bits per heavy atom. The molecule has 0 heterocycles. The van der Waals surface area contributed by atoms with E-state index in [1.807, 2.05) is 6.07 Å². The molecule has 5 nitrogen and oxygen atoms in total. The van der Waals surface area contributed by atoms with Crippen molar-refractivity contribution in [2.75, 3.05) is 12.4 Å². The van der Waals surface area contributed by atoms with Gasteiger partial charge >= 0.3 is 0 Å². The molecule has 1 N–H and O–H groups in total. The highest BCUT2D eigenvalue weighted by Crippen LogP contribution is 2.34. The van der Waals surface area contributed by atoms with Gasteiger partial charge in [0, 0.05) is 23.9 Å². The van der Waals surface area contributed by atoms with Crippen LogP contribution in [0, 0.1) is 22.0 Å². The van der Waals surface area contributed by atoms with Gasteiger partial charge in [0.25, 0.3) is 5.69 Å². The summed E-state index contributed by atoms with van der Waals surface area (Å²) >= 11 is 0. The molecule has 116 valence electrons. The van der Waals surface area contributed by atoms with Gasteiger partial charge in [-0.25, -0.2) is 0 Å². The van der Waals surface area contributed by atoms with Crippen molar-refractivity contribution in [1.82, 2.24) is 0 Å². The predicted molar refractivity (Wildman–Crippen MR) is 83.9 cm³/mol. The average molecular weight is 292 g/mol. The lowest BCUT2D eigenvalue weighted by Gasteiger charge is -2.35. The van der Waals surface area contributed by atoms with Crippen molar-refractivity contribution in [1.29, 1.82) is 0 Å². The molecule has 2 unspecified atom stereocenters. The third-order valence-electron chi connectivity index (χ3n) is 4.37. The van der Waals surface area contributed by atoms with Gasteiger partial charge in [-0.3, -0.25) is 10.1 Å². The van der Waals surface area contributed by atoms with Crippen molar-refractivity contribution in [3.05, 3.63) is 28.3 Å². The fourth-order valence-electron chi connectivity index (χ4n) is 3.24. The molecule has 1 aromatic carbocycles. The zero-order chi connectivity index (χ0) is 15.4. The predicted octanol–water partition coefficient (Wildman–Crippen LogP) is 4.23. The molecule has 5 heteroatoms. The van der Waals surface area contributed by atoms with Crippen LogP contribution in [-0.4, -0.2) is 18.1 Å². The molecule has 0 amide bonds. The maximum atomic E-state index is 11.0. The Morgan fingerprint density at radius 1 is 1.29 bits per heavy atom. The van der Waals surface area contributed by atoms with Crippen LogP contribution in [0.25, 0.3) is 0 Å². The van der Waals surface area contributed by atoms with E-state index in [9.17, 15) is 10.1 Å². The molecule has 2 rings (SSSR count). The summed E-state index contributed by atoms with van der Waals surface area (Å²) in [7, 11) is 1.53. The smallest absolute Gasteiger partial charge is 0.275 e. The number of anilines is 1. The van der Waals surface area contributed by atoms with E-state index in [2.05, 4.69) is 19.2 Å². The lowest BCUT2D eigenvalue weighted by molar-refractivity contribution is -0.384. The van der Waals surface area contributed by atoms with E-state index in [0.29, 0.717) is 23.6 Å². The first kappa shape index (κ1) is 15.6. The summed E-state index contributed by atoms with van der Waals surface area (Å²) in [5, 5.41) is 14.5. The van der Waals surface area contributed by atoms with Crippen molar-refractivity contribution in [3.8, 4) is 5.75 Å². The molecule has 0 radical (unpaired) electrons. The Balaban J connectivity index is 2.21. The van der Waals surface area contributed by atoms with Crippen LogP contribution in [0.15, 0.2) is 18.2 Å². The van der Waals surface area contributed by atoms with E-state index in [4.69, 9.17) is 4.74 Å². The largest absolute Gasteiger partial charge is 0.496 e. The van der Waals surface area contributed by atoms with Crippen molar-refractivity contribution in [2.24, 2.45) is 11.8 Å². The van der Waals surface area contributed by atoms with E-state index >= 15 is 0 Å². The van der Waals surface area contributed by atoms with E-state index in [1.54, 1.807) is 6.07 Å². The minimum absolute atomic E-state index is 0.0637. The SMILES string of the molecule is COc1cc(NC2CCCCC2C(C)C)cc([N+](=O)[O-])c1. The minimum atomic E-state index is -0.380. The molecule has 1 aliphatic carbocycles. The van der Waals surface area contributed by atoms with Crippen LogP contribution in [0.3, 0.4) is 0 Å². The number of nitro groups is 1. The quantitative estimate of drug-likeness (QED) is 0.651. The second kappa shape index (κ2) is 6.78. The standard InChI is InChI=1S/C16H24N2O3/c1-11(2)15-6-4-5-7-16(15)17-12-8-13(18(19)20)10-14(9-12)21-3/h8-11,15-17H,4-7H2,1-3H3. The summed E-state index contributed by atoms with van der Waals surface area (Å²) in [5.41, 5.74) is 0.840. The topological polar surface area (TPSA) is 64.4 Å². The number of nitrogens with zero attached hydrogens (tertiary/aromatic N) is 1. The van der Waals surface area contributed by atoms with Crippen molar-refractivity contribution >= 4 is 11.4 Å². The fraction of sp³-hybridized carbons (Fsp3) is 0.625. The van der Waals surface area contributed by atoms with E-state index in [1.165, 1.54) is 32.4 Å². The van der Waals surface area contributed by atoms with Gasteiger partial charge in [-0.1, -0.05) is 26.7 Å². The highest BCUT2D eigenvalue weighted by Gasteiger charge is 2.27. The van der Waals surface area contributed by atoms with Crippen LogP contribution < -0.4 is 10.1 Å². The van der Waals surface area contributed by atoms with E-state index < -0.39 is 0 Å². The summed E-state index contributed by atoms with van der Waals surface area (Å²) < 4.78 is 5.16. The van der Waals surface area contributed by atoms with Gasteiger partial charge in [-0.15, -0.1) is 0 Å². The van der Waals surface area contributed by atoms with Gasteiger partial charge in [0.05, 0.1) is 18.1 Å². The van der Waals surface area contributed by atoms with Crippen LogP contribution >= 0.6 is 0 Å². The number of ether oxygens (including phenoxy) is 1. The van der Waals surface area contributed by atoms with Crippen molar-refractivity contribution in [2.45, 2.75) is 45.6 Å². The first-order chi connectivity index (χ1) is 10.0. The molecular weight excluding hydrogens is 268 g/mol. The first-order valence-corrected chi connectivity index (χ1v) is 7.61. The Bertz CT molecular complexity index is 502. The van der Waals surface area contributed by atoms with Gasteiger partial charge in [0.2, 0.25) is 0 Å². The molecule has 21 heavy (non-hydrogen) atoms. The fourth-order valence-corrected chi connectivity index (χ4v) is 3.24. The Labute approximate surface area is 125 Å². The lowest BCUT2D eigenvalue weighted by atomic mass is 9.78. The molecule has 0 spiro atoms. The summed E-state index contributed by atoms with van der Waals surface area (Å²) in [6.07, 6.45) is 4.83. The summed E-state index contributed by atoms with van der Waals surface area (Å²) in [6.45, 7) is 4.50. The molecule has 0 bridgehead atoms. The Morgan fingerprint density at radius 3 is 2.62 bits per heavy atom. The minimum Gasteiger partial charge on any atom is -0.496 e.